The Morgan fingerprint density at radius 2 is 2.07 bits per heavy atom. The van der Waals surface area contributed by atoms with Crippen molar-refractivity contribution >= 4 is 5.97 Å². The topological polar surface area (TPSA) is 35.5 Å². The highest BCUT2D eigenvalue weighted by molar-refractivity contribution is 5.92. The third kappa shape index (κ3) is 2.36. The van der Waals surface area contributed by atoms with Gasteiger partial charge in [-0.1, -0.05) is 18.2 Å². The number of esters is 1. The van der Waals surface area contributed by atoms with Gasteiger partial charge in [-0.15, -0.1) is 0 Å². The third-order valence-electron chi connectivity index (χ3n) is 1.62. The first-order valence-corrected chi connectivity index (χ1v) is 4.24. The zero-order valence-electron chi connectivity index (χ0n) is 8.19. The molecule has 74 valence electrons. The van der Waals surface area contributed by atoms with Gasteiger partial charge in [0.15, 0.2) is 0 Å². The van der Waals surface area contributed by atoms with Crippen molar-refractivity contribution in [3.8, 4) is 5.75 Å². The van der Waals surface area contributed by atoms with Crippen molar-refractivity contribution in [3.05, 3.63) is 42.2 Å². The van der Waals surface area contributed by atoms with Gasteiger partial charge in [0.05, 0.1) is 13.4 Å². The molecule has 0 aliphatic rings. The summed E-state index contributed by atoms with van der Waals surface area (Å²) in [5.41, 5.74) is 0.424. The van der Waals surface area contributed by atoms with E-state index in [1.807, 2.05) is 6.92 Å². The van der Waals surface area contributed by atoms with Crippen LogP contribution < -0.4 is 4.74 Å². The summed E-state index contributed by atoms with van der Waals surface area (Å²) in [6.07, 6.45) is 3.26. The van der Waals surface area contributed by atoms with Gasteiger partial charge in [-0.25, -0.2) is 4.79 Å². The maximum absolute atomic E-state index is 11.3. The van der Waals surface area contributed by atoms with Crippen LogP contribution in [-0.2, 0) is 4.74 Å². The summed E-state index contributed by atoms with van der Waals surface area (Å²) in [4.78, 5) is 11.3. The predicted octanol–water partition coefficient (Wildman–Crippen LogP) is 2.39. The van der Waals surface area contributed by atoms with E-state index >= 15 is 0 Å². The number of benzene rings is 1. The lowest BCUT2D eigenvalue weighted by atomic mass is 10.2. The number of rotatable bonds is 3. The van der Waals surface area contributed by atoms with Crippen molar-refractivity contribution in [2.75, 3.05) is 7.11 Å². The van der Waals surface area contributed by atoms with E-state index in [0.717, 1.165) is 0 Å². The van der Waals surface area contributed by atoms with Gasteiger partial charge < -0.3 is 9.47 Å². The first-order valence-electron chi connectivity index (χ1n) is 4.24. The number of hydrogen-bond acceptors (Lipinski definition) is 3. The van der Waals surface area contributed by atoms with Gasteiger partial charge in [-0.3, -0.25) is 0 Å². The normalized spacial score (nSPS) is 10.1. The molecule has 3 heteroatoms. The monoisotopic (exact) mass is 192 g/mol. The largest absolute Gasteiger partial charge is 0.465 e. The number of ether oxygens (including phenoxy) is 2. The molecule has 14 heavy (non-hydrogen) atoms. The fourth-order valence-corrected chi connectivity index (χ4v) is 0.989. The number of allylic oxidation sites excluding steroid dienone is 1. The van der Waals surface area contributed by atoms with Crippen molar-refractivity contribution in [2.24, 2.45) is 0 Å². The summed E-state index contributed by atoms with van der Waals surface area (Å²) in [5.74, 6) is 0.0996. The van der Waals surface area contributed by atoms with Crippen LogP contribution in [0, 0.1) is 0 Å². The van der Waals surface area contributed by atoms with Crippen molar-refractivity contribution in [2.45, 2.75) is 6.92 Å². The molecule has 0 unspecified atom stereocenters. The minimum absolute atomic E-state index is 0.398. The highest BCUT2D eigenvalue weighted by Gasteiger charge is 2.10. The molecule has 0 N–H and O–H groups in total. The number of carbonyl (C=O) groups is 1. The molecule has 1 aromatic rings. The van der Waals surface area contributed by atoms with Crippen molar-refractivity contribution < 1.29 is 14.3 Å². The van der Waals surface area contributed by atoms with Crippen LogP contribution >= 0.6 is 0 Å². The Morgan fingerprint density at radius 1 is 1.36 bits per heavy atom. The van der Waals surface area contributed by atoms with E-state index in [4.69, 9.17) is 4.74 Å². The van der Waals surface area contributed by atoms with Crippen LogP contribution in [0.4, 0.5) is 0 Å². The second-order valence-electron chi connectivity index (χ2n) is 2.58. The van der Waals surface area contributed by atoms with E-state index in [-0.39, 0.29) is 0 Å². The number of para-hydroxylation sites is 1. The fraction of sp³-hybridized carbons (Fsp3) is 0.182. The van der Waals surface area contributed by atoms with Crippen LogP contribution in [0.15, 0.2) is 36.6 Å². The van der Waals surface area contributed by atoms with Gasteiger partial charge in [0.2, 0.25) is 0 Å². The zero-order chi connectivity index (χ0) is 10.4. The van der Waals surface area contributed by atoms with Crippen LogP contribution in [0.1, 0.15) is 17.3 Å². The molecular weight excluding hydrogens is 180 g/mol. The molecule has 1 rings (SSSR count). The molecule has 0 saturated carbocycles. The minimum atomic E-state index is -0.398. The lowest BCUT2D eigenvalue weighted by Gasteiger charge is -2.05. The minimum Gasteiger partial charge on any atom is -0.465 e. The Bertz CT molecular complexity index is 342. The summed E-state index contributed by atoms with van der Waals surface area (Å²) in [5, 5.41) is 0. The molecule has 0 radical (unpaired) electrons. The van der Waals surface area contributed by atoms with Crippen LogP contribution in [0.3, 0.4) is 0 Å². The summed E-state index contributed by atoms with van der Waals surface area (Å²) in [7, 11) is 1.34. The molecule has 0 aliphatic carbocycles. The van der Waals surface area contributed by atoms with E-state index < -0.39 is 5.97 Å². The second-order valence-corrected chi connectivity index (χ2v) is 2.58. The van der Waals surface area contributed by atoms with Crippen LogP contribution in [-0.4, -0.2) is 13.1 Å². The molecule has 1 aromatic carbocycles. The first kappa shape index (κ1) is 10.3. The molecule has 0 aromatic heterocycles. The maximum Gasteiger partial charge on any atom is 0.341 e. The maximum atomic E-state index is 11.3. The molecule has 0 heterocycles. The average Bonchev–Trinajstić information content (AvgIpc) is 2.25. The quantitative estimate of drug-likeness (QED) is 0.545. The molecule has 0 bridgehead atoms. The summed E-state index contributed by atoms with van der Waals surface area (Å²) in [6, 6.07) is 6.93. The lowest BCUT2D eigenvalue weighted by Crippen LogP contribution is -2.03. The molecule has 0 saturated heterocycles. The molecule has 0 aliphatic heterocycles. The highest BCUT2D eigenvalue weighted by Crippen LogP contribution is 2.18. The lowest BCUT2D eigenvalue weighted by molar-refractivity contribution is 0.0598. The average molecular weight is 192 g/mol. The smallest absolute Gasteiger partial charge is 0.341 e. The fourth-order valence-electron chi connectivity index (χ4n) is 0.989. The van der Waals surface area contributed by atoms with Crippen LogP contribution in [0.25, 0.3) is 0 Å². The Morgan fingerprint density at radius 3 is 2.71 bits per heavy atom. The van der Waals surface area contributed by atoms with Crippen molar-refractivity contribution in [3.63, 3.8) is 0 Å². The Hall–Kier alpha value is -1.77. The number of methoxy groups -OCH3 is 1. The molecule has 0 spiro atoms. The second kappa shape index (κ2) is 5.07. The number of carbonyl (C=O) groups excluding carboxylic acids is 1. The van der Waals surface area contributed by atoms with Crippen molar-refractivity contribution in [1.29, 1.82) is 0 Å². The highest BCUT2D eigenvalue weighted by atomic mass is 16.5. The Labute approximate surface area is 83.0 Å². The van der Waals surface area contributed by atoms with Gasteiger partial charge in [-0.05, 0) is 19.1 Å². The predicted molar refractivity (Wildman–Crippen MR) is 53.2 cm³/mol. The van der Waals surface area contributed by atoms with Gasteiger partial charge in [0, 0.05) is 0 Å². The van der Waals surface area contributed by atoms with Gasteiger partial charge in [0.25, 0.3) is 0 Å². The molecule has 3 nitrogen and oxygen atoms in total. The number of hydrogen-bond donors (Lipinski definition) is 0. The summed E-state index contributed by atoms with van der Waals surface area (Å²) < 4.78 is 9.84. The summed E-state index contributed by atoms with van der Waals surface area (Å²) >= 11 is 0. The van der Waals surface area contributed by atoms with E-state index in [1.165, 1.54) is 13.4 Å². The van der Waals surface area contributed by atoms with Gasteiger partial charge in [0.1, 0.15) is 11.3 Å². The van der Waals surface area contributed by atoms with Crippen molar-refractivity contribution in [1.82, 2.24) is 0 Å². The SMILES string of the molecule is CC=COc1ccccc1C(=O)OC. The van der Waals surface area contributed by atoms with Gasteiger partial charge in [-0.2, -0.15) is 0 Å². The van der Waals surface area contributed by atoms with E-state index in [0.29, 0.717) is 11.3 Å². The van der Waals surface area contributed by atoms with Crippen LogP contribution in [0.5, 0.6) is 5.75 Å². The van der Waals surface area contributed by atoms with Crippen LogP contribution in [0.2, 0.25) is 0 Å². The third-order valence-corrected chi connectivity index (χ3v) is 1.62. The van der Waals surface area contributed by atoms with E-state index in [1.54, 1.807) is 30.3 Å². The van der Waals surface area contributed by atoms with E-state index in [9.17, 15) is 4.79 Å². The Kier molecular flexibility index (Phi) is 3.73. The molecule has 0 amide bonds. The summed E-state index contributed by atoms with van der Waals surface area (Å²) in [6.45, 7) is 1.83. The van der Waals surface area contributed by atoms with E-state index in [2.05, 4.69) is 4.74 Å². The Balaban J connectivity index is 2.96. The standard InChI is InChI=1S/C11H12O3/c1-3-8-14-10-7-5-4-6-9(10)11(12)13-2/h3-8H,1-2H3. The molecule has 0 atom stereocenters. The first-order chi connectivity index (χ1) is 6.79. The van der Waals surface area contributed by atoms with Gasteiger partial charge >= 0.3 is 5.97 Å². The zero-order valence-corrected chi connectivity index (χ0v) is 8.19. The molecular formula is C11H12O3. The molecule has 0 fully saturated rings.